The van der Waals surface area contributed by atoms with Crippen LogP contribution >= 0.6 is 0 Å². The summed E-state index contributed by atoms with van der Waals surface area (Å²) in [6.45, 7) is 10.9. The average molecular weight is 390 g/mol. The molecule has 0 unspecified atom stereocenters. The quantitative estimate of drug-likeness (QED) is 0.648. The minimum atomic E-state index is -0.270. The van der Waals surface area contributed by atoms with Gasteiger partial charge in [0.25, 0.3) is 0 Å². The number of hydrogen-bond donors (Lipinski definition) is 1. The fraction of sp³-hybridized carbons (Fsp3) is 0.458. The molecule has 1 aliphatic carbocycles. The highest BCUT2D eigenvalue weighted by atomic mass is 15.6. The van der Waals surface area contributed by atoms with E-state index in [-0.39, 0.29) is 5.54 Å². The Balaban J connectivity index is 1.80. The Morgan fingerprint density at radius 2 is 1.62 bits per heavy atom. The minimum Gasteiger partial charge on any atom is -0.373 e. The SMILES string of the molecule is Cc1cc(C)cc(NC2(c3nnnn3-c3ccc(C)cc3C)CCC(C)CC2)c1. The predicted molar refractivity (Wildman–Crippen MR) is 117 cm³/mol. The fourth-order valence-corrected chi connectivity index (χ4v) is 4.67. The van der Waals surface area contributed by atoms with E-state index in [4.69, 9.17) is 0 Å². The van der Waals surface area contributed by atoms with E-state index in [9.17, 15) is 0 Å². The number of benzene rings is 2. The molecule has 1 aliphatic rings. The molecule has 1 saturated carbocycles. The van der Waals surface area contributed by atoms with Crippen LogP contribution in [0.15, 0.2) is 36.4 Å². The van der Waals surface area contributed by atoms with E-state index < -0.39 is 0 Å². The Bertz CT molecular complexity index is 992. The molecule has 152 valence electrons. The van der Waals surface area contributed by atoms with E-state index in [2.05, 4.69) is 91.9 Å². The lowest BCUT2D eigenvalue weighted by atomic mass is 9.76. The van der Waals surface area contributed by atoms with Crippen molar-refractivity contribution in [3.8, 4) is 5.69 Å². The molecule has 2 aromatic carbocycles. The molecule has 1 aromatic heterocycles. The van der Waals surface area contributed by atoms with Crippen molar-refractivity contribution in [1.29, 1.82) is 0 Å². The Hall–Kier alpha value is -2.69. The van der Waals surface area contributed by atoms with Gasteiger partial charge in [-0.2, -0.15) is 4.68 Å². The van der Waals surface area contributed by atoms with E-state index in [0.717, 1.165) is 48.8 Å². The number of aryl methyl sites for hydroxylation is 4. The molecule has 0 radical (unpaired) electrons. The summed E-state index contributed by atoms with van der Waals surface area (Å²) in [5, 5.41) is 16.9. The van der Waals surface area contributed by atoms with Crippen molar-refractivity contribution in [1.82, 2.24) is 20.2 Å². The van der Waals surface area contributed by atoms with Gasteiger partial charge >= 0.3 is 0 Å². The third-order valence-electron chi connectivity index (χ3n) is 6.21. The standard InChI is InChI=1S/C24H31N5/c1-16-8-10-24(11-9-16,25-21-14-18(3)12-19(4)15-21)23-26-27-28-29(23)22-7-6-17(2)13-20(22)5/h6-7,12-16,25H,8-11H2,1-5H3. The van der Waals surface area contributed by atoms with Gasteiger partial charge in [-0.1, -0.05) is 30.7 Å². The average Bonchev–Trinajstić information content (AvgIpc) is 3.13. The summed E-state index contributed by atoms with van der Waals surface area (Å²) in [5.41, 5.74) is 6.89. The van der Waals surface area contributed by atoms with Gasteiger partial charge in [0.2, 0.25) is 0 Å². The second kappa shape index (κ2) is 7.62. The molecule has 5 nitrogen and oxygen atoms in total. The predicted octanol–water partition coefficient (Wildman–Crippen LogP) is 5.41. The highest BCUT2D eigenvalue weighted by Gasteiger charge is 2.41. The van der Waals surface area contributed by atoms with Crippen LogP contribution < -0.4 is 5.32 Å². The van der Waals surface area contributed by atoms with Crippen molar-refractivity contribution < 1.29 is 0 Å². The topological polar surface area (TPSA) is 55.6 Å². The molecule has 0 saturated heterocycles. The Kier molecular flexibility index (Phi) is 5.15. The number of tetrazole rings is 1. The van der Waals surface area contributed by atoms with Gasteiger partial charge in [-0.05, 0) is 105 Å². The van der Waals surface area contributed by atoms with Gasteiger partial charge in [-0.3, -0.25) is 0 Å². The van der Waals surface area contributed by atoms with Crippen LogP contribution in [0.2, 0.25) is 0 Å². The molecule has 0 spiro atoms. The zero-order valence-corrected chi connectivity index (χ0v) is 18.2. The first-order valence-electron chi connectivity index (χ1n) is 10.6. The Morgan fingerprint density at radius 1 is 0.931 bits per heavy atom. The third kappa shape index (κ3) is 3.91. The van der Waals surface area contributed by atoms with Gasteiger partial charge in [0.1, 0.15) is 0 Å². The van der Waals surface area contributed by atoms with Gasteiger partial charge in [0, 0.05) is 5.69 Å². The normalized spacial score (nSPS) is 21.9. The summed E-state index contributed by atoms with van der Waals surface area (Å²) >= 11 is 0. The second-order valence-corrected chi connectivity index (χ2v) is 8.97. The van der Waals surface area contributed by atoms with Gasteiger partial charge in [0.15, 0.2) is 5.82 Å². The van der Waals surface area contributed by atoms with Crippen molar-refractivity contribution in [3.63, 3.8) is 0 Å². The lowest BCUT2D eigenvalue weighted by Crippen LogP contribution is -2.41. The van der Waals surface area contributed by atoms with Crippen LogP contribution in [0.1, 0.15) is 60.7 Å². The lowest BCUT2D eigenvalue weighted by Gasteiger charge is -2.40. The highest BCUT2D eigenvalue weighted by molar-refractivity contribution is 5.52. The molecule has 0 aliphatic heterocycles. The second-order valence-electron chi connectivity index (χ2n) is 8.97. The first-order chi connectivity index (χ1) is 13.9. The first-order valence-corrected chi connectivity index (χ1v) is 10.6. The van der Waals surface area contributed by atoms with E-state index >= 15 is 0 Å². The van der Waals surface area contributed by atoms with E-state index in [1.165, 1.54) is 22.3 Å². The summed E-state index contributed by atoms with van der Waals surface area (Å²) in [6.07, 6.45) is 4.37. The molecule has 29 heavy (non-hydrogen) atoms. The minimum absolute atomic E-state index is 0.270. The molecule has 1 heterocycles. The molecule has 0 amide bonds. The number of aromatic nitrogens is 4. The number of rotatable bonds is 4. The van der Waals surface area contributed by atoms with E-state index in [0.29, 0.717) is 0 Å². The van der Waals surface area contributed by atoms with E-state index in [1.54, 1.807) is 0 Å². The number of nitrogens with one attached hydrogen (secondary N) is 1. The maximum atomic E-state index is 4.56. The van der Waals surface area contributed by atoms with E-state index in [1.807, 2.05) is 4.68 Å². The molecule has 5 heteroatoms. The molecule has 1 N–H and O–H groups in total. The molecule has 0 bridgehead atoms. The summed E-state index contributed by atoms with van der Waals surface area (Å²) in [7, 11) is 0. The maximum Gasteiger partial charge on any atom is 0.181 e. The fourth-order valence-electron chi connectivity index (χ4n) is 4.67. The molecule has 4 rings (SSSR count). The summed E-state index contributed by atoms with van der Waals surface area (Å²) in [4.78, 5) is 0. The van der Waals surface area contributed by atoms with Crippen molar-refractivity contribution in [2.45, 2.75) is 65.8 Å². The molecule has 3 aromatic rings. The molecule has 1 fully saturated rings. The van der Waals surface area contributed by atoms with Crippen LogP contribution in [0.25, 0.3) is 5.69 Å². The smallest absolute Gasteiger partial charge is 0.181 e. The Labute approximate surface area is 173 Å². The number of nitrogens with zero attached hydrogens (tertiary/aromatic N) is 4. The summed E-state index contributed by atoms with van der Waals surface area (Å²) < 4.78 is 1.94. The summed E-state index contributed by atoms with van der Waals surface area (Å²) in [6, 6.07) is 13.1. The van der Waals surface area contributed by atoms with Gasteiger partial charge < -0.3 is 5.32 Å². The third-order valence-corrected chi connectivity index (χ3v) is 6.21. The van der Waals surface area contributed by atoms with Crippen LogP contribution in [-0.4, -0.2) is 20.2 Å². The van der Waals surface area contributed by atoms with Gasteiger partial charge in [-0.15, -0.1) is 5.10 Å². The van der Waals surface area contributed by atoms with Crippen LogP contribution in [0, 0.1) is 33.6 Å². The maximum absolute atomic E-state index is 4.56. The summed E-state index contributed by atoms with van der Waals surface area (Å²) in [5.74, 6) is 1.64. The van der Waals surface area contributed by atoms with Crippen molar-refractivity contribution >= 4 is 5.69 Å². The van der Waals surface area contributed by atoms with Crippen LogP contribution in [0.4, 0.5) is 5.69 Å². The van der Waals surface area contributed by atoms with Crippen molar-refractivity contribution in [2.75, 3.05) is 5.32 Å². The van der Waals surface area contributed by atoms with Crippen molar-refractivity contribution in [2.24, 2.45) is 5.92 Å². The van der Waals surface area contributed by atoms with Crippen LogP contribution in [-0.2, 0) is 5.54 Å². The zero-order valence-electron chi connectivity index (χ0n) is 18.2. The lowest BCUT2D eigenvalue weighted by molar-refractivity contribution is 0.255. The first kappa shape index (κ1) is 19.6. The number of hydrogen-bond acceptors (Lipinski definition) is 4. The monoisotopic (exact) mass is 389 g/mol. The largest absolute Gasteiger partial charge is 0.373 e. The molecular formula is C24H31N5. The zero-order chi connectivity index (χ0) is 20.6. The van der Waals surface area contributed by atoms with Gasteiger partial charge in [0.05, 0.1) is 11.2 Å². The van der Waals surface area contributed by atoms with Crippen molar-refractivity contribution in [3.05, 3.63) is 64.5 Å². The van der Waals surface area contributed by atoms with Crippen LogP contribution in [0.5, 0.6) is 0 Å². The number of anilines is 1. The molecule has 0 atom stereocenters. The molecular weight excluding hydrogens is 358 g/mol. The van der Waals surface area contributed by atoms with Crippen LogP contribution in [0.3, 0.4) is 0 Å². The highest BCUT2D eigenvalue weighted by Crippen LogP contribution is 2.42. The Morgan fingerprint density at radius 3 is 2.28 bits per heavy atom. The van der Waals surface area contributed by atoms with Gasteiger partial charge in [-0.25, -0.2) is 0 Å².